The van der Waals surface area contributed by atoms with Gasteiger partial charge in [-0.2, -0.15) is 0 Å². The molecule has 0 radical (unpaired) electrons. The smallest absolute Gasteiger partial charge is 0.338 e. The summed E-state index contributed by atoms with van der Waals surface area (Å²) in [4.78, 5) is 104. The average molecular weight is 1730 g/mol. The van der Waals surface area contributed by atoms with Crippen LogP contribution in [0.2, 0.25) is 0 Å². The number of carbonyl (C=O) groups is 7. The predicted octanol–water partition coefficient (Wildman–Crippen LogP) is 18.4. The van der Waals surface area contributed by atoms with Crippen LogP contribution in [0.25, 0.3) is 4.85 Å². The maximum Gasteiger partial charge on any atom is 0.338 e. The van der Waals surface area contributed by atoms with Crippen LogP contribution in [0.3, 0.4) is 0 Å². The fraction of sp³-hybridized carbons (Fsp3) is 0.440. The summed E-state index contributed by atoms with van der Waals surface area (Å²) in [6, 6.07) is 67.2. The first-order valence-corrected chi connectivity index (χ1v) is 44.7. The van der Waals surface area contributed by atoms with E-state index in [-0.39, 0.29) is 90.1 Å². The van der Waals surface area contributed by atoms with Crippen LogP contribution in [0.15, 0.2) is 231 Å². The molecule has 3 aliphatic rings. The van der Waals surface area contributed by atoms with Crippen LogP contribution in [0.1, 0.15) is 200 Å². The summed E-state index contributed by atoms with van der Waals surface area (Å²) in [5, 5.41) is 0. The molecular formula is C100H118N3O21P. The Hall–Kier alpha value is -10.6. The second kappa shape index (κ2) is 48.8. The first-order valence-electron chi connectivity index (χ1n) is 43.6. The van der Waals surface area contributed by atoms with Gasteiger partial charge in [-0.15, -0.1) is 0 Å². The van der Waals surface area contributed by atoms with Crippen molar-refractivity contribution in [2.24, 2.45) is 11.8 Å². The topological polar surface area (TPSA) is 260 Å². The minimum atomic E-state index is -1.60. The Morgan fingerprint density at radius 1 is 0.464 bits per heavy atom. The molecule has 3 saturated heterocycles. The van der Waals surface area contributed by atoms with Crippen LogP contribution in [0, 0.1) is 18.4 Å². The monoisotopic (exact) mass is 1730 g/mol. The number of Topliss-reactive ketones (excluding diaryl/α,β-unsaturated/α-hetero) is 1. The highest BCUT2D eigenvalue weighted by Crippen LogP contribution is 2.50. The fourth-order valence-corrected chi connectivity index (χ4v) is 17.8. The Morgan fingerprint density at radius 2 is 0.856 bits per heavy atom. The molecule has 3 aliphatic heterocycles. The van der Waals surface area contributed by atoms with Crippen LogP contribution >= 0.6 is 8.53 Å². The Morgan fingerprint density at radius 3 is 1.31 bits per heavy atom. The van der Waals surface area contributed by atoms with Gasteiger partial charge in [0.25, 0.3) is 8.53 Å². The minimum Gasteiger partial charge on any atom is -0.497 e. The Bertz CT molecular complexity index is 4630. The van der Waals surface area contributed by atoms with Crippen LogP contribution in [0.4, 0.5) is 0 Å². The number of carbonyl (C=O) groups excluding carboxylic acids is 7. The summed E-state index contributed by atoms with van der Waals surface area (Å²) >= 11 is 0. The fourth-order valence-electron chi connectivity index (χ4n) is 16.1. The molecule has 0 spiro atoms. The molecule has 11 rings (SSSR count). The lowest BCUT2D eigenvalue weighted by atomic mass is 9.80. The van der Waals surface area contributed by atoms with E-state index in [1.807, 2.05) is 71.6 Å². The van der Waals surface area contributed by atoms with Crippen molar-refractivity contribution < 1.29 is 99.5 Å². The number of amides is 1. The van der Waals surface area contributed by atoms with Crippen LogP contribution < -0.4 is 9.47 Å². The van der Waals surface area contributed by atoms with Crippen molar-refractivity contribution >= 4 is 50.1 Å². The Labute approximate surface area is 735 Å². The number of ether oxygens (including phenoxy) is 12. The lowest BCUT2D eigenvalue weighted by Gasteiger charge is -2.48. The van der Waals surface area contributed by atoms with Gasteiger partial charge < -0.3 is 75.6 Å². The highest BCUT2D eigenvalue weighted by molar-refractivity contribution is 7.44. The van der Waals surface area contributed by atoms with Crippen molar-refractivity contribution in [3.8, 4) is 11.5 Å². The molecule has 0 N–H and O–H groups in total. The number of ketones is 1. The molecule has 8 aromatic rings. The maximum atomic E-state index is 14.8. The molecule has 1 amide bonds. The number of rotatable bonds is 47. The van der Waals surface area contributed by atoms with Gasteiger partial charge in [-0.05, 0) is 161 Å². The van der Waals surface area contributed by atoms with Crippen LogP contribution in [-0.4, -0.2) is 185 Å². The van der Waals surface area contributed by atoms with Gasteiger partial charge >= 0.3 is 29.8 Å². The van der Waals surface area contributed by atoms with Gasteiger partial charge in [-0.25, -0.2) is 35.2 Å². The molecule has 125 heavy (non-hydrogen) atoms. The van der Waals surface area contributed by atoms with Gasteiger partial charge in [0.1, 0.15) is 73.2 Å². The summed E-state index contributed by atoms with van der Waals surface area (Å²) in [6.45, 7) is 19.6. The van der Waals surface area contributed by atoms with Crippen molar-refractivity contribution in [1.29, 1.82) is 0 Å². The Balaban J connectivity index is 0.700. The standard InChI is InChI=1S/C100H118N3O21P/c1-69(2)103(70(3)4)125(117-63-61-101-7)124-85-64-81(66-116-100(78-48-32-21-33-49-78,79-53-57-83(111-8)58-54-79)80-55-59-84(112-9)60-56-80)102(65-85)88(105)52-36-14-13-35-51-82(104)50-34-12-10-11-15-37-62-113-98-71(5)89(120-95(108)75-42-26-18-27-43-75)92(87(118-98)68-115-94(107)74-40-24-17-25-41-74)123-99-72(6)90(121-96(109)76-44-28-19-29-45-76)91(122-97(110)77-46-30-20-31-47-77)86(119-99)67-114-93(106)73-38-22-16-23-39-73/h16-33,38-49,53-60,69-72,81,85-87,89-92,98-99H,10-15,34-37,50-52,61-68H2,1-6,8-9H3/t71?,72?,81-,85+,86?,87?,89?,90?,91?,92?,98?,99?,125?/m0/s1. The molecule has 24 nitrogen and oxygen atoms in total. The normalized spacial score (nSPS) is 20.9. The van der Waals surface area contributed by atoms with Gasteiger partial charge in [0.05, 0.1) is 60.8 Å². The first-order chi connectivity index (χ1) is 60.8. The van der Waals surface area contributed by atoms with E-state index >= 15 is 0 Å². The number of esters is 5. The number of likely N-dealkylation sites (tertiary alicyclic amines) is 1. The van der Waals surface area contributed by atoms with Gasteiger partial charge in [0.2, 0.25) is 12.5 Å². The Kier molecular flexibility index (Phi) is 37.1. The number of unbranched alkanes of at least 4 members (excludes halogenated alkanes) is 8. The van der Waals surface area contributed by atoms with Crippen molar-refractivity contribution in [2.45, 2.75) is 210 Å². The van der Waals surface area contributed by atoms with Crippen molar-refractivity contribution in [3.63, 3.8) is 0 Å². The molecule has 0 saturated carbocycles. The number of methoxy groups -OCH3 is 2. The lowest BCUT2D eigenvalue weighted by Crippen LogP contribution is -2.63. The summed E-state index contributed by atoms with van der Waals surface area (Å²) in [7, 11) is 1.68. The van der Waals surface area contributed by atoms with Gasteiger partial charge in [-0.3, -0.25) is 9.59 Å². The number of hydrogen-bond donors (Lipinski definition) is 0. The van der Waals surface area contributed by atoms with E-state index in [1.165, 1.54) is 0 Å². The zero-order valence-corrected chi connectivity index (χ0v) is 73.6. The number of benzene rings is 8. The second-order valence-electron chi connectivity index (χ2n) is 32.2. The third-order valence-corrected chi connectivity index (χ3v) is 24.9. The van der Waals surface area contributed by atoms with E-state index in [2.05, 4.69) is 49.3 Å². The highest BCUT2D eigenvalue weighted by atomic mass is 31.2. The van der Waals surface area contributed by atoms with E-state index in [9.17, 15) is 33.6 Å². The van der Waals surface area contributed by atoms with Gasteiger partial charge in [0.15, 0.2) is 18.7 Å². The summed E-state index contributed by atoms with van der Waals surface area (Å²) in [5.74, 6) is -3.77. The van der Waals surface area contributed by atoms with E-state index in [1.54, 1.807) is 180 Å². The molecular weight excluding hydrogens is 1610 g/mol. The SMILES string of the molecule is [C-]#[N+]CCOP(O[C@@H]1C[C@@H](COC(c2ccccc2)(c2ccc(OC)cc2)c2ccc(OC)cc2)N(C(=O)CCCCCCC(=O)CCCCCCCCOC2OC(COC(=O)c3ccccc3)C(OC3OC(COC(=O)c4ccccc4)C(OC(=O)c4ccccc4)C(OC(=O)c4ccccc4)C3C)C(OC(=O)c3ccccc3)C2C)C1)N(C(C)C)C(C)C. The van der Waals surface area contributed by atoms with Crippen LogP contribution in [0.5, 0.6) is 11.5 Å². The molecule has 8 aromatic carbocycles. The first kappa shape index (κ1) is 95.1. The van der Waals surface area contributed by atoms with E-state index < -0.39 is 118 Å². The van der Waals surface area contributed by atoms with Crippen molar-refractivity contribution in [3.05, 3.63) is 286 Å². The minimum absolute atomic E-state index is 0.000289. The molecule has 664 valence electrons. The van der Waals surface area contributed by atoms with Crippen molar-refractivity contribution in [2.75, 3.05) is 60.3 Å². The zero-order valence-electron chi connectivity index (χ0n) is 72.7. The molecule has 11 unspecified atom stereocenters. The molecule has 25 heteroatoms. The number of hydrogen-bond acceptors (Lipinski definition) is 22. The zero-order chi connectivity index (χ0) is 88.5. The molecule has 3 fully saturated rings. The summed E-state index contributed by atoms with van der Waals surface area (Å²) < 4.78 is 92.6. The van der Waals surface area contributed by atoms with E-state index in [0.29, 0.717) is 56.6 Å². The third-order valence-electron chi connectivity index (χ3n) is 22.7. The molecule has 3 heterocycles. The molecule has 0 aliphatic carbocycles. The van der Waals surface area contributed by atoms with Gasteiger partial charge in [-0.1, -0.05) is 198 Å². The predicted molar refractivity (Wildman–Crippen MR) is 472 cm³/mol. The second-order valence-corrected chi connectivity index (χ2v) is 33.6. The average Bonchev–Trinajstić information content (AvgIpc) is 1.54. The van der Waals surface area contributed by atoms with Crippen molar-refractivity contribution in [1.82, 2.24) is 9.57 Å². The summed E-state index contributed by atoms with van der Waals surface area (Å²) in [6.07, 6.45) is -1.18. The quantitative estimate of drug-likeness (QED) is 0.00857. The van der Waals surface area contributed by atoms with E-state index in [4.69, 9.17) is 72.5 Å². The highest BCUT2D eigenvalue weighted by Gasteiger charge is 2.55. The molecule has 13 atom stereocenters. The molecule has 0 aromatic heterocycles. The maximum absolute atomic E-state index is 14.8. The third kappa shape index (κ3) is 26.8. The molecule has 0 bridgehead atoms. The van der Waals surface area contributed by atoms with E-state index in [0.717, 1.165) is 68.1 Å². The summed E-state index contributed by atoms with van der Waals surface area (Å²) in [5.41, 5.74) is 2.63. The van der Waals surface area contributed by atoms with Gasteiger partial charge in [0, 0.05) is 56.3 Å². The largest absolute Gasteiger partial charge is 0.497 e. The lowest BCUT2D eigenvalue weighted by molar-refractivity contribution is -0.343. The number of nitrogens with zero attached hydrogens (tertiary/aromatic N) is 3. The van der Waals surface area contributed by atoms with Crippen LogP contribution in [-0.2, 0) is 71.6 Å².